The normalized spacial score (nSPS) is 20.9. The van der Waals surface area contributed by atoms with Crippen LogP contribution in [0.5, 0.6) is 0 Å². The number of carbonyl (C=O) groups is 1. The monoisotopic (exact) mass is 578 g/mol. The van der Waals surface area contributed by atoms with E-state index in [9.17, 15) is 9.18 Å². The van der Waals surface area contributed by atoms with Crippen molar-refractivity contribution in [3.05, 3.63) is 64.2 Å². The number of aromatic nitrogens is 2. The topological polar surface area (TPSA) is 70.7 Å². The van der Waals surface area contributed by atoms with Gasteiger partial charge in [0.05, 0.1) is 24.2 Å². The van der Waals surface area contributed by atoms with E-state index in [-0.39, 0.29) is 23.7 Å². The lowest BCUT2D eigenvalue weighted by molar-refractivity contribution is -0.0676. The number of halogens is 1. The molecule has 7 nitrogen and oxygen atoms in total. The molecule has 3 aromatic rings. The first-order chi connectivity index (χ1) is 20.2. The van der Waals surface area contributed by atoms with E-state index in [4.69, 9.17) is 14.5 Å². The van der Waals surface area contributed by atoms with Gasteiger partial charge in [-0.15, -0.1) is 0 Å². The number of nitrogens with zero attached hydrogens (tertiary/aromatic N) is 3. The number of carbonyl (C=O) groups excluding carboxylic acids is 1. The minimum Gasteiger partial charge on any atom is -0.442 e. The third kappa shape index (κ3) is 6.50. The fourth-order valence-electron chi connectivity index (χ4n) is 7.05. The fraction of sp³-hybridized carbons (Fsp3) is 0.588. The molecule has 2 aliphatic rings. The van der Waals surface area contributed by atoms with Gasteiger partial charge in [0.25, 0.3) is 0 Å². The van der Waals surface area contributed by atoms with Crippen LogP contribution in [0.4, 0.5) is 9.18 Å². The van der Waals surface area contributed by atoms with Crippen molar-refractivity contribution < 1.29 is 18.7 Å². The molecule has 228 valence electrons. The number of hydrogen-bond donors (Lipinski definition) is 1. The Kier molecular flexibility index (Phi) is 9.53. The lowest BCUT2D eigenvalue weighted by Crippen LogP contribution is -2.52. The van der Waals surface area contributed by atoms with Gasteiger partial charge in [-0.25, -0.2) is 14.2 Å². The average Bonchev–Trinajstić information content (AvgIpc) is 3.42. The van der Waals surface area contributed by atoms with E-state index in [2.05, 4.69) is 56.6 Å². The lowest BCUT2D eigenvalue weighted by Gasteiger charge is -2.48. The predicted molar refractivity (Wildman–Crippen MR) is 165 cm³/mol. The molecule has 1 fully saturated rings. The van der Waals surface area contributed by atoms with E-state index >= 15 is 0 Å². The zero-order chi connectivity index (χ0) is 29.9. The molecular formula is C34H47FN4O3. The zero-order valence-corrected chi connectivity index (χ0v) is 26.0. The third-order valence-electron chi connectivity index (χ3n) is 9.34. The van der Waals surface area contributed by atoms with Crippen molar-refractivity contribution in [3.63, 3.8) is 0 Å². The van der Waals surface area contributed by atoms with Crippen molar-refractivity contribution in [2.75, 3.05) is 45.9 Å². The minimum atomic E-state index is -0.657. The van der Waals surface area contributed by atoms with Crippen LogP contribution in [0.1, 0.15) is 74.0 Å². The van der Waals surface area contributed by atoms with Crippen LogP contribution in [-0.4, -0.2) is 77.4 Å². The van der Waals surface area contributed by atoms with Gasteiger partial charge in [0.15, 0.2) is 0 Å². The Balaban J connectivity index is 1.31. The number of amides is 1. The molecule has 0 saturated carbocycles. The van der Waals surface area contributed by atoms with Crippen LogP contribution in [0.2, 0.25) is 0 Å². The first-order valence-electron chi connectivity index (χ1n) is 15.7. The standard InChI is InChI=1S/C34H47FN4O3/c1-6-38(16-7-8-29-36-31-24(4)9-10-25(5)32(31)37-29)17-15-34(42-33(40)39-18-20-41-21-19-39)14-13-26-22-27(35)11-12-28(26)30(34)23(2)3/h9-12,22-23,30H,6-8,13-21H2,1-5H3,(H,36,37)/t30-,34-/m0/s1. The Morgan fingerprint density at radius 2 is 1.95 bits per heavy atom. The quantitative estimate of drug-likeness (QED) is 0.295. The van der Waals surface area contributed by atoms with Crippen molar-refractivity contribution in [3.8, 4) is 0 Å². The smallest absolute Gasteiger partial charge is 0.410 e. The molecule has 1 amide bonds. The summed E-state index contributed by atoms with van der Waals surface area (Å²) in [6.07, 6.45) is 3.74. The number of H-pyrrole nitrogens is 1. The van der Waals surface area contributed by atoms with Gasteiger partial charge in [0, 0.05) is 38.4 Å². The van der Waals surface area contributed by atoms with E-state index < -0.39 is 5.60 Å². The van der Waals surface area contributed by atoms with Crippen molar-refractivity contribution in [2.45, 2.75) is 78.2 Å². The van der Waals surface area contributed by atoms with Gasteiger partial charge in [-0.1, -0.05) is 39.0 Å². The Morgan fingerprint density at radius 1 is 1.19 bits per heavy atom. The number of nitrogens with one attached hydrogen (secondary N) is 1. The minimum absolute atomic E-state index is 0.00688. The summed E-state index contributed by atoms with van der Waals surface area (Å²) in [6.45, 7) is 15.6. The van der Waals surface area contributed by atoms with E-state index in [1.54, 1.807) is 17.0 Å². The number of fused-ring (bicyclic) bond motifs is 2. The third-order valence-corrected chi connectivity index (χ3v) is 9.34. The van der Waals surface area contributed by atoms with Crippen molar-refractivity contribution >= 4 is 17.1 Å². The largest absolute Gasteiger partial charge is 0.442 e. The second-order valence-corrected chi connectivity index (χ2v) is 12.5. The van der Waals surface area contributed by atoms with Crippen molar-refractivity contribution in [1.82, 2.24) is 19.8 Å². The van der Waals surface area contributed by atoms with Crippen LogP contribution < -0.4 is 0 Å². The van der Waals surface area contributed by atoms with Crippen molar-refractivity contribution in [1.29, 1.82) is 0 Å². The highest BCUT2D eigenvalue weighted by Crippen LogP contribution is 2.48. The summed E-state index contributed by atoms with van der Waals surface area (Å²) in [7, 11) is 0. The molecule has 8 heteroatoms. The van der Waals surface area contributed by atoms with Gasteiger partial charge >= 0.3 is 6.09 Å². The summed E-state index contributed by atoms with van der Waals surface area (Å²) >= 11 is 0. The second kappa shape index (κ2) is 13.1. The molecule has 1 aliphatic heterocycles. The number of ether oxygens (including phenoxy) is 2. The molecule has 0 bridgehead atoms. The number of hydrogen-bond acceptors (Lipinski definition) is 5. The summed E-state index contributed by atoms with van der Waals surface area (Å²) in [5.74, 6) is 1.04. The van der Waals surface area contributed by atoms with Gasteiger partial charge in [-0.05, 0) is 86.5 Å². The Hall–Kier alpha value is -2.97. The number of imidazole rings is 1. The van der Waals surface area contributed by atoms with E-state index in [0.29, 0.717) is 39.1 Å². The molecule has 42 heavy (non-hydrogen) atoms. The average molecular weight is 579 g/mol. The highest BCUT2D eigenvalue weighted by atomic mass is 19.1. The number of aromatic amines is 1. The maximum Gasteiger partial charge on any atom is 0.410 e. The first kappa shape index (κ1) is 30.5. The summed E-state index contributed by atoms with van der Waals surface area (Å²) in [5.41, 5.74) is 6.12. The number of benzene rings is 2. The van der Waals surface area contributed by atoms with Crippen LogP contribution in [0.25, 0.3) is 11.0 Å². The summed E-state index contributed by atoms with van der Waals surface area (Å²) in [4.78, 5) is 26.2. The van der Waals surface area contributed by atoms with Gasteiger partial charge < -0.3 is 24.3 Å². The molecule has 1 saturated heterocycles. The van der Waals surface area contributed by atoms with Crippen LogP contribution in [0.15, 0.2) is 30.3 Å². The summed E-state index contributed by atoms with van der Waals surface area (Å²) < 4.78 is 26.3. The van der Waals surface area contributed by atoms with E-state index in [1.807, 2.05) is 6.07 Å². The molecule has 1 aliphatic carbocycles. The van der Waals surface area contributed by atoms with Crippen LogP contribution in [-0.2, 0) is 22.3 Å². The molecule has 0 radical (unpaired) electrons. The van der Waals surface area contributed by atoms with Gasteiger partial charge in [0.2, 0.25) is 0 Å². The molecule has 0 spiro atoms. The summed E-state index contributed by atoms with van der Waals surface area (Å²) in [5, 5.41) is 0. The molecule has 5 rings (SSSR count). The molecule has 2 aromatic carbocycles. The number of morpholine rings is 1. The molecule has 1 N–H and O–H groups in total. The second-order valence-electron chi connectivity index (χ2n) is 12.5. The highest BCUT2D eigenvalue weighted by Gasteiger charge is 2.48. The van der Waals surface area contributed by atoms with Crippen LogP contribution in [0, 0.1) is 25.6 Å². The van der Waals surface area contributed by atoms with Gasteiger partial charge in [-0.3, -0.25) is 0 Å². The van der Waals surface area contributed by atoms with Crippen molar-refractivity contribution in [2.24, 2.45) is 5.92 Å². The van der Waals surface area contributed by atoms with Gasteiger partial charge in [0.1, 0.15) is 17.2 Å². The van der Waals surface area contributed by atoms with Gasteiger partial charge in [-0.2, -0.15) is 0 Å². The van der Waals surface area contributed by atoms with E-state index in [1.165, 1.54) is 11.1 Å². The summed E-state index contributed by atoms with van der Waals surface area (Å²) in [6, 6.07) is 9.41. The maximum absolute atomic E-state index is 14.2. The van der Waals surface area contributed by atoms with Crippen LogP contribution in [0.3, 0.4) is 0 Å². The fourth-order valence-corrected chi connectivity index (χ4v) is 7.05. The zero-order valence-electron chi connectivity index (χ0n) is 26.0. The maximum atomic E-state index is 14.2. The lowest BCUT2D eigenvalue weighted by atomic mass is 9.65. The first-order valence-corrected chi connectivity index (χ1v) is 15.7. The molecular weight excluding hydrogens is 531 g/mol. The predicted octanol–water partition coefficient (Wildman–Crippen LogP) is 6.56. The molecule has 1 aromatic heterocycles. The Labute approximate surface area is 249 Å². The molecule has 2 heterocycles. The Morgan fingerprint density at radius 3 is 2.67 bits per heavy atom. The molecule has 0 unspecified atom stereocenters. The number of rotatable bonds is 10. The van der Waals surface area contributed by atoms with E-state index in [0.717, 1.165) is 66.9 Å². The SMILES string of the molecule is CCN(CCCc1nc2c(C)ccc(C)c2[nH]1)CC[C@@]1(OC(=O)N2CCOCC2)CCc2cc(F)ccc2[C@@H]1C(C)C. The molecule has 2 atom stereocenters. The van der Waals surface area contributed by atoms with Crippen LogP contribution >= 0.6 is 0 Å². The Bertz CT molecular complexity index is 1340. The number of aryl methyl sites for hydroxylation is 4. The highest BCUT2D eigenvalue weighted by molar-refractivity contribution is 5.81.